The summed E-state index contributed by atoms with van der Waals surface area (Å²) in [7, 11) is 0. The summed E-state index contributed by atoms with van der Waals surface area (Å²) >= 11 is 0. The van der Waals surface area contributed by atoms with Crippen molar-refractivity contribution in [2.24, 2.45) is 11.8 Å². The Bertz CT molecular complexity index is 215. The van der Waals surface area contributed by atoms with E-state index in [4.69, 9.17) is 0 Å². The van der Waals surface area contributed by atoms with Gasteiger partial charge in [-0.3, -0.25) is 4.90 Å². The number of nitrogens with zero attached hydrogens (tertiary/aromatic N) is 1. The maximum absolute atomic E-state index is 3.71. The van der Waals surface area contributed by atoms with Gasteiger partial charge in [-0.15, -0.1) is 0 Å². The lowest BCUT2D eigenvalue weighted by molar-refractivity contribution is 0.0981. The quantitative estimate of drug-likeness (QED) is 0.767. The highest BCUT2D eigenvalue weighted by atomic mass is 15.3. The van der Waals surface area contributed by atoms with E-state index < -0.39 is 0 Å². The average Bonchev–Trinajstić information content (AvgIpc) is 2.94. The molecular weight excluding hydrogens is 184 g/mol. The van der Waals surface area contributed by atoms with Gasteiger partial charge in [0.1, 0.15) is 0 Å². The first-order valence-electron chi connectivity index (χ1n) is 6.62. The van der Waals surface area contributed by atoms with Crippen molar-refractivity contribution in [1.29, 1.82) is 0 Å². The van der Waals surface area contributed by atoms with Gasteiger partial charge in [-0.25, -0.2) is 0 Å². The number of hydrogen-bond acceptors (Lipinski definition) is 2. The van der Waals surface area contributed by atoms with E-state index in [1.54, 1.807) is 0 Å². The maximum Gasteiger partial charge on any atom is 0.0221 e. The predicted octanol–water partition coefficient (Wildman–Crippen LogP) is 2.10. The van der Waals surface area contributed by atoms with Crippen molar-refractivity contribution in [1.82, 2.24) is 10.2 Å². The Hall–Kier alpha value is -0.0800. The highest BCUT2D eigenvalue weighted by Crippen LogP contribution is 2.37. The second-order valence-electron chi connectivity index (χ2n) is 5.80. The van der Waals surface area contributed by atoms with Crippen molar-refractivity contribution in [3.63, 3.8) is 0 Å². The molecule has 2 nitrogen and oxygen atoms in total. The Morgan fingerprint density at radius 3 is 2.53 bits per heavy atom. The van der Waals surface area contributed by atoms with Crippen molar-refractivity contribution in [2.45, 2.75) is 58.7 Å². The lowest BCUT2D eigenvalue weighted by Gasteiger charge is -2.42. The van der Waals surface area contributed by atoms with E-state index in [1.807, 2.05) is 0 Å². The Morgan fingerprint density at radius 2 is 2.07 bits per heavy atom. The van der Waals surface area contributed by atoms with E-state index in [2.05, 4.69) is 37.9 Å². The number of piperazine rings is 1. The van der Waals surface area contributed by atoms with Crippen LogP contribution in [-0.4, -0.2) is 36.1 Å². The topological polar surface area (TPSA) is 15.3 Å². The lowest BCUT2D eigenvalue weighted by Crippen LogP contribution is -2.58. The van der Waals surface area contributed by atoms with Gasteiger partial charge in [0.05, 0.1) is 0 Å². The van der Waals surface area contributed by atoms with Crippen molar-refractivity contribution < 1.29 is 0 Å². The summed E-state index contributed by atoms with van der Waals surface area (Å²) in [5.74, 6) is 1.71. The van der Waals surface area contributed by atoms with Crippen LogP contribution < -0.4 is 5.32 Å². The summed E-state index contributed by atoms with van der Waals surface area (Å²) in [6, 6.07) is 2.40. The second-order valence-corrected chi connectivity index (χ2v) is 5.80. The summed E-state index contributed by atoms with van der Waals surface area (Å²) in [6.45, 7) is 11.8. The maximum atomic E-state index is 3.71. The van der Waals surface area contributed by atoms with Crippen LogP contribution >= 0.6 is 0 Å². The van der Waals surface area contributed by atoms with E-state index in [9.17, 15) is 0 Å². The minimum absolute atomic E-state index is 0.709. The Balaban J connectivity index is 1.96. The van der Waals surface area contributed by atoms with Crippen LogP contribution in [0.1, 0.15) is 40.5 Å². The molecule has 2 aliphatic rings. The molecule has 4 atom stereocenters. The molecule has 0 amide bonds. The van der Waals surface area contributed by atoms with Gasteiger partial charge in [-0.2, -0.15) is 0 Å². The fourth-order valence-corrected chi connectivity index (χ4v) is 2.84. The van der Waals surface area contributed by atoms with E-state index >= 15 is 0 Å². The Labute approximate surface area is 94.4 Å². The van der Waals surface area contributed by atoms with Crippen molar-refractivity contribution in [2.75, 3.05) is 13.1 Å². The molecule has 1 N–H and O–H groups in total. The fourth-order valence-electron chi connectivity index (χ4n) is 2.84. The number of nitrogens with one attached hydrogen (secondary N) is 1. The molecule has 4 unspecified atom stereocenters. The normalized spacial score (nSPS) is 42.2. The molecule has 0 spiro atoms. The van der Waals surface area contributed by atoms with E-state index in [0.717, 1.165) is 23.9 Å². The van der Waals surface area contributed by atoms with Crippen LogP contribution in [0.5, 0.6) is 0 Å². The molecule has 0 aromatic heterocycles. The largest absolute Gasteiger partial charge is 0.311 e. The molecule has 2 rings (SSSR count). The summed E-state index contributed by atoms with van der Waals surface area (Å²) in [5, 5.41) is 3.71. The third-order valence-corrected chi connectivity index (χ3v) is 4.26. The molecule has 88 valence electrons. The third-order valence-electron chi connectivity index (χ3n) is 4.26. The van der Waals surface area contributed by atoms with E-state index in [1.165, 1.54) is 25.9 Å². The third kappa shape index (κ3) is 2.36. The molecule has 1 heterocycles. The summed E-state index contributed by atoms with van der Waals surface area (Å²) in [5.41, 5.74) is 0. The Morgan fingerprint density at radius 1 is 1.40 bits per heavy atom. The molecule has 2 fully saturated rings. The van der Waals surface area contributed by atoms with Crippen LogP contribution in [0.3, 0.4) is 0 Å². The highest BCUT2D eigenvalue weighted by molar-refractivity contribution is 4.99. The molecule has 0 aromatic carbocycles. The molecule has 1 aliphatic heterocycles. The van der Waals surface area contributed by atoms with Crippen LogP contribution in [-0.2, 0) is 0 Å². The highest BCUT2D eigenvalue weighted by Gasteiger charge is 2.43. The zero-order chi connectivity index (χ0) is 11.0. The zero-order valence-corrected chi connectivity index (χ0v) is 10.7. The number of rotatable bonds is 3. The van der Waals surface area contributed by atoms with Crippen molar-refractivity contribution in [3.05, 3.63) is 0 Å². The average molecular weight is 210 g/mol. The van der Waals surface area contributed by atoms with Gasteiger partial charge in [0.15, 0.2) is 0 Å². The fraction of sp³-hybridized carbons (Fsp3) is 1.00. The molecule has 0 radical (unpaired) electrons. The van der Waals surface area contributed by atoms with Crippen LogP contribution in [0, 0.1) is 11.8 Å². The molecular formula is C13H26N2. The Kier molecular flexibility index (Phi) is 3.36. The van der Waals surface area contributed by atoms with E-state index in [-0.39, 0.29) is 0 Å². The minimum Gasteiger partial charge on any atom is -0.311 e. The van der Waals surface area contributed by atoms with Crippen LogP contribution in [0.25, 0.3) is 0 Å². The standard InChI is InChI=1S/C13H26N2/c1-5-11-7-14-12(9(2)3)8-15(11)13-6-10(13)4/h9-14H,5-8H2,1-4H3. The smallest absolute Gasteiger partial charge is 0.0221 e. The predicted molar refractivity (Wildman–Crippen MR) is 65.0 cm³/mol. The molecule has 0 aromatic rings. The molecule has 1 saturated carbocycles. The van der Waals surface area contributed by atoms with Crippen LogP contribution in [0.15, 0.2) is 0 Å². The molecule has 1 aliphatic carbocycles. The summed E-state index contributed by atoms with van der Waals surface area (Å²) in [6.07, 6.45) is 2.72. The van der Waals surface area contributed by atoms with Gasteiger partial charge in [0, 0.05) is 31.2 Å². The van der Waals surface area contributed by atoms with Gasteiger partial charge in [-0.05, 0) is 24.7 Å². The lowest BCUT2D eigenvalue weighted by atomic mass is 9.98. The van der Waals surface area contributed by atoms with Gasteiger partial charge >= 0.3 is 0 Å². The zero-order valence-electron chi connectivity index (χ0n) is 10.7. The van der Waals surface area contributed by atoms with Crippen LogP contribution in [0.2, 0.25) is 0 Å². The molecule has 15 heavy (non-hydrogen) atoms. The minimum atomic E-state index is 0.709. The first-order valence-corrected chi connectivity index (χ1v) is 6.62. The van der Waals surface area contributed by atoms with Gasteiger partial charge in [0.25, 0.3) is 0 Å². The molecule has 0 bridgehead atoms. The monoisotopic (exact) mass is 210 g/mol. The van der Waals surface area contributed by atoms with Gasteiger partial charge in [-0.1, -0.05) is 27.7 Å². The summed E-state index contributed by atoms with van der Waals surface area (Å²) < 4.78 is 0. The summed E-state index contributed by atoms with van der Waals surface area (Å²) in [4.78, 5) is 2.78. The second kappa shape index (κ2) is 4.42. The van der Waals surface area contributed by atoms with Crippen molar-refractivity contribution in [3.8, 4) is 0 Å². The van der Waals surface area contributed by atoms with Crippen LogP contribution in [0.4, 0.5) is 0 Å². The van der Waals surface area contributed by atoms with Crippen molar-refractivity contribution >= 4 is 0 Å². The molecule has 1 saturated heterocycles. The van der Waals surface area contributed by atoms with E-state index in [0.29, 0.717) is 6.04 Å². The van der Waals surface area contributed by atoms with Gasteiger partial charge in [0.2, 0.25) is 0 Å². The SMILES string of the molecule is CCC1CNC(C(C)C)CN1C1CC1C. The van der Waals surface area contributed by atoms with Gasteiger partial charge < -0.3 is 5.32 Å². The first kappa shape index (κ1) is 11.4. The molecule has 2 heteroatoms. The number of hydrogen-bond donors (Lipinski definition) is 1. The first-order chi connectivity index (χ1) is 7.13.